The molecule has 4 unspecified atom stereocenters. The second kappa shape index (κ2) is 28.6. The molecule has 4 N–H and O–H groups in total. The maximum atomic E-state index is 10.3. The van der Waals surface area contributed by atoms with Gasteiger partial charge in [-0.15, -0.1) is 0 Å². The third-order valence-electron chi connectivity index (χ3n) is 2.51. The van der Waals surface area contributed by atoms with Gasteiger partial charge in [0.15, 0.2) is 0 Å². The van der Waals surface area contributed by atoms with E-state index in [9.17, 15) is 19.2 Å². The molecule has 196 valence electrons. The molecule has 0 aromatic carbocycles. The van der Waals surface area contributed by atoms with Gasteiger partial charge >= 0.3 is 23.9 Å². The fraction of sp³-hybridized carbons (Fsp3) is 0.800. The van der Waals surface area contributed by atoms with E-state index in [1.807, 2.05) is 0 Å². The van der Waals surface area contributed by atoms with Gasteiger partial charge in [0.1, 0.15) is 24.4 Å². The molecule has 12 nitrogen and oxygen atoms in total. The summed E-state index contributed by atoms with van der Waals surface area (Å²) in [6.45, 7) is 13.6. The van der Waals surface area contributed by atoms with Gasteiger partial charge in [-0.05, 0) is 55.4 Å². The van der Waals surface area contributed by atoms with E-state index in [1.165, 1.54) is 27.7 Å². The molecule has 0 aromatic rings. The third kappa shape index (κ3) is 35.4. The minimum atomic E-state index is -0.991. The maximum Gasteiger partial charge on any atom is 0.334 e. The molecule has 33 heavy (non-hydrogen) atoms. The third-order valence-corrected chi connectivity index (χ3v) is 2.51. The first-order chi connectivity index (χ1) is 14.7. The summed E-state index contributed by atoms with van der Waals surface area (Å²) in [7, 11) is 0. The van der Waals surface area contributed by atoms with E-state index in [4.69, 9.17) is 20.4 Å². The zero-order valence-corrected chi connectivity index (χ0v) is 23.2. The molecular weight excluding hydrogens is 523 g/mol. The molecule has 0 aliphatic rings. The van der Waals surface area contributed by atoms with Crippen molar-refractivity contribution in [2.75, 3.05) is 26.4 Å². The van der Waals surface area contributed by atoms with Crippen LogP contribution in [0.1, 0.15) is 55.4 Å². The molecule has 0 aromatic heterocycles. The van der Waals surface area contributed by atoms with Crippen molar-refractivity contribution in [3.63, 3.8) is 0 Å². The zero-order valence-electron chi connectivity index (χ0n) is 20.7. The Kier molecular flexibility index (Phi) is 36.3. The molecule has 0 fully saturated rings. The Labute approximate surface area is 214 Å². The van der Waals surface area contributed by atoms with Gasteiger partial charge < -0.3 is 39.4 Å². The van der Waals surface area contributed by atoms with Gasteiger partial charge in [-0.25, -0.2) is 19.2 Å². The van der Waals surface area contributed by atoms with Crippen LogP contribution >= 0.6 is 0 Å². The Bertz CT molecular complexity index is 405. The topological polar surface area (TPSA) is 186 Å². The normalized spacial score (nSPS) is 12.5. The van der Waals surface area contributed by atoms with Crippen LogP contribution in [0.5, 0.6) is 0 Å². The zero-order chi connectivity index (χ0) is 26.3. The van der Waals surface area contributed by atoms with Crippen LogP contribution in [0.4, 0.5) is 0 Å². The first kappa shape index (κ1) is 41.8. The van der Waals surface area contributed by atoms with Gasteiger partial charge in [0.25, 0.3) is 0 Å². The van der Waals surface area contributed by atoms with Crippen molar-refractivity contribution in [2.45, 2.75) is 79.8 Å². The van der Waals surface area contributed by atoms with Gasteiger partial charge in [0, 0.05) is 26.2 Å². The van der Waals surface area contributed by atoms with Crippen LogP contribution in [0.2, 0.25) is 0 Å². The number of hydrogen-bond acceptors (Lipinski definition) is 12. The van der Waals surface area contributed by atoms with Crippen molar-refractivity contribution in [3.05, 3.63) is 0 Å². The molecule has 0 spiro atoms. The fourth-order valence-electron chi connectivity index (χ4n) is 1.05. The van der Waals surface area contributed by atoms with Crippen LogP contribution in [-0.2, 0) is 64.3 Å². The van der Waals surface area contributed by atoms with Gasteiger partial charge in [-0.3, -0.25) is 0 Å². The van der Waals surface area contributed by atoms with E-state index in [-0.39, 0.29) is 26.2 Å². The standard InChI is InChI=1S/4C5H10O3.Zr/c4*1-3-8-5(7)4(2)6;/h4*4,6H,3H2,1-2H3;. The van der Waals surface area contributed by atoms with Gasteiger partial charge in [0.2, 0.25) is 0 Å². The van der Waals surface area contributed by atoms with E-state index in [0.29, 0.717) is 26.4 Å². The summed E-state index contributed by atoms with van der Waals surface area (Å²) in [5, 5.41) is 33.9. The Balaban J connectivity index is -0.000000105. The van der Waals surface area contributed by atoms with Crippen LogP contribution in [0, 0.1) is 0 Å². The van der Waals surface area contributed by atoms with E-state index < -0.39 is 48.3 Å². The first-order valence-electron chi connectivity index (χ1n) is 10.1. The number of esters is 4. The minimum Gasteiger partial charge on any atom is -0.464 e. The Hall–Kier alpha value is -1.40. The molecule has 0 radical (unpaired) electrons. The summed E-state index contributed by atoms with van der Waals surface area (Å²) in [4.78, 5) is 41.1. The molecule has 4 atom stereocenters. The molecule has 0 saturated heterocycles. The molecule has 0 bridgehead atoms. The smallest absolute Gasteiger partial charge is 0.334 e. The number of carbonyl (C=O) groups excluding carboxylic acids is 4. The summed E-state index contributed by atoms with van der Waals surface area (Å²) >= 11 is 0. The Morgan fingerprint density at radius 3 is 0.636 bits per heavy atom. The fourth-order valence-corrected chi connectivity index (χ4v) is 1.05. The van der Waals surface area contributed by atoms with Crippen molar-refractivity contribution in [1.82, 2.24) is 0 Å². The average molecular weight is 564 g/mol. The summed E-state index contributed by atoms with van der Waals surface area (Å²) in [5.74, 6) is -2.25. The summed E-state index contributed by atoms with van der Waals surface area (Å²) in [6.07, 6.45) is -3.96. The molecule has 0 heterocycles. The number of aliphatic hydroxyl groups is 4. The first-order valence-corrected chi connectivity index (χ1v) is 10.1. The quantitative estimate of drug-likeness (QED) is 0.224. The predicted molar refractivity (Wildman–Crippen MR) is 113 cm³/mol. The van der Waals surface area contributed by atoms with Gasteiger partial charge in [-0.2, -0.15) is 0 Å². The monoisotopic (exact) mass is 562 g/mol. The Morgan fingerprint density at radius 1 is 0.485 bits per heavy atom. The van der Waals surface area contributed by atoms with Gasteiger partial charge in [-0.1, -0.05) is 0 Å². The van der Waals surface area contributed by atoms with E-state index >= 15 is 0 Å². The Morgan fingerprint density at radius 2 is 0.606 bits per heavy atom. The molecular formula is C20H40O12Zr. The molecule has 13 heteroatoms. The largest absolute Gasteiger partial charge is 0.464 e. The summed E-state index contributed by atoms with van der Waals surface area (Å²) in [6, 6.07) is 0. The van der Waals surface area contributed by atoms with Crippen molar-refractivity contribution in [2.24, 2.45) is 0 Å². The molecule has 0 saturated carbocycles. The SMILES string of the molecule is CCOC(=O)C(C)O.CCOC(=O)C(C)O.CCOC(=O)C(C)O.CCOC(=O)C(C)O.[Zr]. The second-order valence-corrected chi connectivity index (χ2v) is 5.71. The number of carbonyl (C=O) groups is 4. The molecule has 0 aliphatic carbocycles. The number of rotatable bonds is 8. The number of ether oxygens (including phenoxy) is 4. The van der Waals surface area contributed by atoms with Crippen LogP contribution < -0.4 is 0 Å². The van der Waals surface area contributed by atoms with E-state index in [1.54, 1.807) is 27.7 Å². The minimum absolute atomic E-state index is 0. The van der Waals surface area contributed by atoms with Crippen molar-refractivity contribution in [1.29, 1.82) is 0 Å². The molecule has 0 aliphatic heterocycles. The maximum absolute atomic E-state index is 10.3. The van der Waals surface area contributed by atoms with Crippen LogP contribution in [-0.4, -0.2) is 95.1 Å². The van der Waals surface area contributed by atoms with Crippen LogP contribution in [0.3, 0.4) is 0 Å². The second-order valence-electron chi connectivity index (χ2n) is 5.71. The van der Waals surface area contributed by atoms with E-state index in [0.717, 1.165) is 0 Å². The van der Waals surface area contributed by atoms with E-state index in [2.05, 4.69) is 18.9 Å². The van der Waals surface area contributed by atoms with Crippen molar-refractivity contribution in [3.8, 4) is 0 Å². The predicted octanol–water partition coefficient (Wildman–Crippen LogP) is -0.281. The van der Waals surface area contributed by atoms with Gasteiger partial charge in [0.05, 0.1) is 26.4 Å². The molecule has 0 amide bonds. The molecule has 0 rings (SSSR count). The van der Waals surface area contributed by atoms with Crippen LogP contribution in [0.25, 0.3) is 0 Å². The summed E-state index contributed by atoms with van der Waals surface area (Å²) in [5.41, 5.74) is 0. The van der Waals surface area contributed by atoms with Crippen LogP contribution in [0.15, 0.2) is 0 Å². The number of aliphatic hydroxyl groups excluding tert-OH is 4. The van der Waals surface area contributed by atoms with Crippen molar-refractivity contribution >= 4 is 23.9 Å². The summed E-state index contributed by atoms with van der Waals surface area (Å²) < 4.78 is 17.7. The number of hydrogen-bond donors (Lipinski definition) is 4. The van der Waals surface area contributed by atoms with Crippen molar-refractivity contribution < 1.29 is 84.8 Å². The average Bonchev–Trinajstić information content (AvgIpc) is 2.70.